The van der Waals surface area contributed by atoms with Gasteiger partial charge < -0.3 is 19.7 Å². The molecule has 0 aliphatic carbocycles. The maximum Gasteiger partial charge on any atom is 0.226 e. The van der Waals surface area contributed by atoms with Gasteiger partial charge in [-0.1, -0.05) is 12.1 Å². The zero-order chi connectivity index (χ0) is 16.5. The van der Waals surface area contributed by atoms with Crippen molar-refractivity contribution in [3.63, 3.8) is 0 Å². The highest BCUT2D eigenvalue weighted by atomic mass is 16.5. The summed E-state index contributed by atoms with van der Waals surface area (Å²) in [5, 5.41) is 3.50. The Kier molecular flexibility index (Phi) is 4.46. The summed E-state index contributed by atoms with van der Waals surface area (Å²) in [6.07, 6.45) is 1.72. The molecule has 1 aromatic rings. The average molecular weight is 330 g/mol. The lowest BCUT2D eigenvalue weighted by Crippen LogP contribution is -2.40. The number of rotatable bonds is 3. The molecule has 0 saturated carbocycles. The van der Waals surface area contributed by atoms with Crippen molar-refractivity contribution in [2.75, 3.05) is 40.0 Å². The van der Waals surface area contributed by atoms with Gasteiger partial charge in [0.15, 0.2) is 0 Å². The number of methoxy groups -OCH3 is 1. The molecular formula is C19H26N2O3. The van der Waals surface area contributed by atoms with Crippen molar-refractivity contribution >= 4 is 5.91 Å². The minimum absolute atomic E-state index is 0.131. The molecule has 130 valence electrons. The molecule has 3 fully saturated rings. The summed E-state index contributed by atoms with van der Waals surface area (Å²) in [5.41, 5.74) is 1.23. The van der Waals surface area contributed by atoms with Gasteiger partial charge >= 0.3 is 0 Å². The highest BCUT2D eigenvalue weighted by Crippen LogP contribution is 2.44. The number of ether oxygens (including phenoxy) is 2. The molecule has 3 heterocycles. The monoisotopic (exact) mass is 330 g/mol. The molecular weight excluding hydrogens is 304 g/mol. The van der Waals surface area contributed by atoms with E-state index in [9.17, 15) is 4.79 Å². The van der Waals surface area contributed by atoms with Gasteiger partial charge in [0.25, 0.3) is 0 Å². The van der Waals surface area contributed by atoms with Crippen molar-refractivity contribution < 1.29 is 14.3 Å². The Bertz CT molecular complexity index is 583. The van der Waals surface area contributed by atoms with Gasteiger partial charge in [0.1, 0.15) is 5.75 Å². The van der Waals surface area contributed by atoms with Crippen LogP contribution in [0, 0.1) is 17.8 Å². The Labute approximate surface area is 143 Å². The molecule has 3 aliphatic rings. The Hall–Kier alpha value is -1.59. The maximum absolute atomic E-state index is 13.2. The normalized spacial score (nSPS) is 30.4. The predicted octanol–water partition coefficient (Wildman–Crippen LogP) is 1.84. The van der Waals surface area contributed by atoms with E-state index in [1.165, 1.54) is 5.56 Å². The fraction of sp³-hybridized carbons (Fsp3) is 0.632. The molecule has 0 bridgehead atoms. The molecule has 4 rings (SSSR count). The molecule has 5 heteroatoms. The third-order valence-electron chi connectivity index (χ3n) is 5.88. The highest BCUT2D eigenvalue weighted by molar-refractivity contribution is 5.80. The fourth-order valence-electron chi connectivity index (χ4n) is 4.55. The van der Waals surface area contributed by atoms with Gasteiger partial charge in [0.2, 0.25) is 5.91 Å². The molecule has 0 aromatic heterocycles. The molecule has 3 atom stereocenters. The number of nitrogens with zero attached hydrogens (tertiary/aromatic N) is 1. The lowest BCUT2D eigenvalue weighted by atomic mass is 9.89. The van der Waals surface area contributed by atoms with Crippen LogP contribution in [0.5, 0.6) is 5.75 Å². The van der Waals surface area contributed by atoms with Gasteiger partial charge in [-0.2, -0.15) is 0 Å². The smallest absolute Gasteiger partial charge is 0.226 e. The first-order chi connectivity index (χ1) is 11.8. The number of likely N-dealkylation sites (tertiary alicyclic amines) is 1. The summed E-state index contributed by atoms with van der Waals surface area (Å²) in [6.45, 7) is 4.33. The summed E-state index contributed by atoms with van der Waals surface area (Å²) >= 11 is 0. The first-order valence-electron chi connectivity index (χ1n) is 9.01. The minimum Gasteiger partial charge on any atom is -0.497 e. The van der Waals surface area contributed by atoms with Crippen LogP contribution in [-0.2, 0) is 9.53 Å². The molecule has 3 aliphatic heterocycles. The van der Waals surface area contributed by atoms with Crippen LogP contribution < -0.4 is 10.1 Å². The van der Waals surface area contributed by atoms with Crippen molar-refractivity contribution in [3.05, 3.63) is 29.8 Å². The Morgan fingerprint density at radius 3 is 2.67 bits per heavy atom. The number of amides is 1. The number of carbonyl (C=O) groups excluding carboxylic acids is 1. The molecule has 3 saturated heterocycles. The minimum atomic E-state index is 0.131. The molecule has 5 nitrogen and oxygen atoms in total. The summed E-state index contributed by atoms with van der Waals surface area (Å²) in [6, 6.07) is 8.43. The lowest BCUT2D eigenvalue weighted by Gasteiger charge is -2.33. The summed E-state index contributed by atoms with van der Waals surface area (Å²) in [4.78, 5) is 15.3. The Morgan fingerprint density at radius 1 is 1.21 bits per heavy atom. The van der Waals surface area contributed by atoms with Crippen LogP contribution >= 0.6 is 0 Å². The topological polar surface area (TPSA) is 50.8 Å². The number of nitrogens with one attached hydrogen (secondary N) is 1. The van der Waals surface area contributed by atoms with Crippen LogP contribution in [0.15, 0.2) is 24.3 Å². The zero-order valence-electron chi connectivity index (χ0n) is 14.2. The van der Waals surface area contributed by atoms with Crippen molar-refractivity contribution in [2.45, 2.75) is 18.9 Å². The van der Waals surface area contributed by atoms with Gasteiger partial charge in [-0.15, -0.1) is 0 Å². The lowest BCUT2D eigenvalue weighted by molar-refractivity contribution is -0.140. The number of hydrogen-bond acceptors (Lipinski definition) is 4. The SMILES string of the molecule is COc1ccc([C@H]2[C@H]3CNC[C@H]3CN2C(=O)C2CCOCC2)cc1. The van der Waals surface area contributed by atoms with Crippen molar-refractivity contribution in [1.29, 1.82) is 0 Å². The van der Waals surface area contributed by atoms with Gasteiger partial charge in [0, 0.05) is 44.7 Å². The van der Waals surface area contributed by atoms with Crippen LogP contribution in [0.1, 0.15) is 24.4 Å². The van der Waals surface area contributed by atoms with Crippen LogP contribution in [0.4, 0.5) is 0 Å². The molecule has 1 N–H and O–H groups in total. The van der Waals surface area contributed by atoms with E-state index < -0.39 is 0 Å². The third-order valence-corrected chi connectivity index (χ3v) is 5.88. The predicted molar refractivity (Wildman–Crippen MR) is 90.8 cm³/mol. The van der Waals surface area contributed by atoms with E-state index in [1.54, 1.807) is 7.11 Å². The van der Waals surface area contributed by atoms with Gasteiger partial charge in [0.05, 0.1) is 13.2 Å². The van der Waals surface area contributed by atoms with E-state index in [-0.39, 0.29) is 12.0 Å². The third kappa shape index (κ3) is 2.80. The van der Waals surface area contributed by atoms with E-state index in [4.69, 9.17) is 9.47 Å². The molecule has 24 heavy (non-hydrogen) atoms. The highest BCUT2D eigenvalue weighted by Gasteiger charge is 2.47. The van der Waals surface area contributed by atoms with Crippen LogP contribution in [0.3, 0.4) is 0 Å². The Morgan fingerprint density at radius 2 is 1.96 bits per heavy atom. The van der Waals surface area contributed by atoms with Crippen LogP contribution in [0.25, 0.3) is 0 Å². The number of benzene rings is 1. The van der Waals surface area contributed by atoms with E-state index in [0.717, 1.165) is 38.2 Å². The van der Waals surface area contributed by atoms with Gasteiger partial charge in [-0.25, -0.2) is 0 Å². The molecule has 0 radical (unpaired) electrons. The molecule has 1 amide bonds. The van der Waals surface area contributed by atoms with Crippen LogP contribution in [0.2, 0.25) is 0 Å². The second kappa shape index (κ2) is 6.73. The van der Waals surface area contributed by atoms with Crippen molar-refractivity contribution in [3.8, 4) is 5.75 Å². The van der Waals surface area contributed by atoms with Gasteiger partial charge in [-0.3, -0.25) is 4.79 Å². The van der Waals surface area contributed by atoms with Crippen LogP contribution in [-0.4, -0.2) is 50.8 Å². The second-order valence-electron chi connectivity index (χ2n) is 7.18. The fourth-order valence-corrected chi connectivity index (χ4v) is 4.55. The standard InChI is InChI=1S/C19H26N2O3/c1-23-16-4-2-13(3-5-16)18-17-11-20-10-15(17)12-21(18)19(22)14-6-8-24-9-7-14/h2-5,14-15,17-18,20H,6-12H2,1H3/t15-,17-,18-/m0/s1. The first kappa shape index (κ1) is 15.9. The van der Waals surface area contributed by atoms with E-state index >= 15 is 0 Å². The van der Waals surface area contributed by atoms with E-state index in [0.29, 0.717) is 31.0 Å². The van der Waals surface area contributed by atoms with E-state index in [2.05, 4.69) is 22.3 Å². The zero-order valence-corrected chi connectivity index (χ0v) is 14.2. The molecule has 0 unspecified atom stereocenters. The van der Waals surface area contributed by atoms with Gasteiger partial charge in [-0.05, 0) is 36.5 Å². The molecule has 1 aromatic carbocycles. The largest absolute Gasteiger partial charge is 0.497 e. The number of hydrogen-bond donors (Lipinski definition) is 1. The summed E-state index contributed by atoms with van der Waals surface area (Å²) < 4.78 is 10.7. The summed E-state index contributed by atoms with van der Waals surface area (Å²) in [5.74, 6) is 2.41. The average Bonchev–Trinajstić information content (AvgIpc) is 3.23. The number of carbonyl (C=O) groups is 1. The van der Waals surface area contributed by atoms with Crippen molar-refractivity contribution in [1.82, 2.24) is 10.2 Å². The van der Waals surface area contributed by atoms with E-state index in [1.807, 2.05) is 12.1 Å². The molecule has 0 spiro atoms. The Balaban J connectivity index is 1.60. The number of fused-ring (bicyclic) bond motifs is 1. The summed E-state index contributed by atoms with van der Waals surface area (Å²) in [7, 11) is 1.68. The van der Waals surface area contributed by atoms with Crippen molar-refractivity contribution in [2.24, 2.45) is 17.8 Å². The maximum atomic E-state index is 13.2. The second-order valence-corrected chi connectivity index (χ2v) is 7.18. The first-order valence-corrected chi connectivity index (χ1v) is 9.01. The quantitative estimate of drug-likeness (QED) is 0.919.